The number of pyridine rings is 1. The fourth-order valence-electron chi connectivity index (χ4n) is 1.98. The molecule has 0 bridgehead atoms. The monoisotopic (exact) mass is 301 g/mol. The molecule has 0 amide bonds. The number of rotatable bonds is 4. The fraction of sp³-hybridized carbons (Fsp3) is 0.400. The van der Waals surface area contributed by atoms with Gasteiger partial charge in [-0.1, -0.05) is 38.2 Å². The molecule has 6 heteroatoms. The van der Waals surface area contributed by atoms with Crippen molar-refractivity contribution in [2.45, 2.75) is 32.6 Å². The summed E-state index contributed by atoms with van der Waals surface area (Å²) in [6, 6.07) is 5.97. The number of imidazole rings is 1. The number of fused-ring (bicyclic) bond motifs is 1. The summed E-state index contributed by atoms with van der Waals surface area (Å²) in [4.78, 5) is 9.88. The highest BCUT2D eigenvalue weighted by Crippen LogP contribution is 2.25. The van der Waals surface area contributed by atoms with Gasteiger partial charge >= 0.3 is 0 Å². The van der Waals surface area contributed by atoms with Crippen molar-refractivity contribution < 1.29 is 0 Å². The molecule has 110 valence electrons. The van der Waals surface area contributed by atoms with Crippen LogP contribution in [0.2, 0.25) is 0 Å². The van der Waals surface area contributed by atoms with Gasteiger partial charge in [-0.2, -0.15) is 0 Å². The molecule has 21 heavy (non-hydrogen) atoms. The molecule has 5 nitrogen and oxygen atoms in total. The van der Waals surface area contributed by atoms with Crippen molar-refractivity contribution in [3.05, 3.63) is 42.0 Å². The first-order chi connectivity index (χ1) is 10.0. The minimum absolute atomic E-state index is 0.0555. The molecule has 0 aliphatic heterocycles. The number of aromatic nitrogens is 4. The summed E-state index contributed by atoms with van der Waals surface area (Å²) in [6.45, 7) is 7.29. The van der Waals surface area contributed by atoms with E-state index < -0.39 is 0 Å². The Balaban J connectivity index is 1.64. The number of nitrogens with one attached hydrogen (secondary N) is 1. The molecule has 0 aromatic carbocycles. The summed E-state index contributed by atoms with van der Waals surface area (Å²) in [7, 11) is 0. The van der Waals surface area contributed by atoms with E-state index in [2.05, 4.69) is 41.2 Å². The fourth-order valence-corrected chi connectivity index (χ4v) is 2.78. The third kappa shape index (κ3) is 3.21. The maximum absolute atomic E-state index is 4.64. The van der Waals surface area contributed by atoms with Gasteiger partial charge in [0.1, 0.15) is 0 Å². The minimum Gasteiger partial charge on any atom is -0.360 e. The molecule has 3 rings (SSSR count). The van der Waals surface area contributed by atoms with Crippen LogP contribution in [0.5, 0.6) is 0 Å². The summed E-state index contributed by atoms with van der Waals surface area (Å²) in [5, 5.41) is 8.75. The van der Waals surface area contributed by atoms with E-state index in [0.29, 0.717) is 0 Å². The smallest absolute Gasteiger partial charge is 0.214 e. The lowest BCUT2D eigenvalue weighted by molar-refractivity contribution is 0.572. The zero-order chi connectivity index (χ0) is 14.9. The van der Waals surface area contributed by atoms with Gasteiger partial charge in [0.05, 0.1) is 11.9 Å². The quantitative estimate of drug-likeness (QED) is 0.804. The maximum Gasteiger partial charge on any atom is 0.214 e. The van der Waals surface area contributed by atoms with Gasteiger partial charge in [0, 0.05) is 30.3 Å². The zero-order valence-electron chi connectivity index (χ0n) is 12.5. The van der Waals surface area contributed by atoms with Crippen LogP contribution in [0.4, 0.5) is 5.13 Å². The summed E-state index contributed by atoms with van der Waals surface area (Å²) in [5.41, 5.74) is 2.21. The lowest BCUT2D eigenvalue weighted by atomic mass is 9.93. The van der Waals surface area contributed by atoms with Crippen LogP contribution in [-0.2, 0) is 11.8 Å². The molecule has 0 saturated heterocycles. The molecular weight excluding hydrogens is 282 g/mol. The second-order valence-corrected chi connectivity index (χ2v) is 6.96. The summed E-state index contributed by atoms with van der Waals surface area (Å²) < 4.78 is 1.86. The maximum atomic E-state index is 4.64. The van der Waals surface area contributed by atoms with Crippen LogP contribution in [0.25, 0.3) is 4.96 Å². The van der Waals surface area contributed by atoms with Gasteiger partial charge in [0.25, 0.3) is 0 Å². The second kappa shape index (κ2) is 5.44. The van der Waals surface area contributed by atoms with Crippen LogP contribution in [0.1, 0.15) is 32.2 Å². The molecule has 3 heterocycles. The Morgan fingerprint density at radius 2 is 2.14 bits per heavy atom. The molecule has 0 atom stereocenters. The van der Waals surface area contributed by atoms with E-state index in [-0.39, 0.29) is 5.41 Å². The summed E-state index contributed by atoms with van der Waals surface area (Å²) in [5.74, 6) is 0. The molecule has 0 aliphatic carbocycles. The molecule has 0 radical (unpaired) electrons. The average molecular weight is 301 g/mol. The highest BCUT2D eigenvalue weighted by atomic mass is 32.1. The Labute approximate surface area is 128 Å². The Morgan fingerprint density at radius 3 is 2.81 bits per heavy atom. The van der Waals surface area contributed by atoms with E-state index in [1.807, 2.05) is 35.1 Å². The van der Waals surface area contributed by atoms with E-state index >= 15 is 0 Å². The van der Waals surface area contributed by atoms with Crippen molar-refractivity contribution in [3.8, 4) is 0 Å². The topological polar surface area (TPSA) is 55.1 Å². The molecular formula is C15H19N5S. The summed E-state index contributed by atoms with van der Waals surface area (Å²) >= 11 is 1.58. The van der Waals surface area contributed by atoms with Gasteiger partial charge < -0.3 is 5.32 Å². The molecule has 0 spiro atoms. The van der Waals surface area contributed by atoms with Crippen LogP contribution in [0.3, 0.4) is 0 Å². The summed E-state index contributed by atoms with van der Waals surface area (Å²) in [6.07, 6.45) is 4.71. The first-order valence-electron chi connectivity index (χ1n) is 7.03. The Bertz CT molecular complexity index is 692. The van der Waals surface area contributed by atoms with Crippen molar-refractivity contribution >= 4 is 21.4 Å². The number of nitrogens with zero attached hydrogens (tertiary/aromatic N) is 4. The first kappa shape index (κ1) is 14.0. The highest BCUT2D eigenvalue weighted by molar-refractivity contribution is 7.20. The van der Waals surface area contributed by atoms with E-state index in [9.17, 15) is 0 Å². The predicted molar refractivity (Wildman–Crippen MR) is 86.0 cm³/mol. The van der Waals surface area contributed by atoms with E-state index in [1.165, 1.54) is 0 Å². The Morgan fingerprint density at radius 1 is 1.29 bits per heavy atom. The van der Waals surface area contributed by atoms with Gasteiger partial charge in [-0.05, 0) is 12.1 Å². The van der Waals surface area contributed by atoms with E-state index in [1.54, 1.807) is 11.3 Å². The lowest BCUT2D eigenvalue weighted by Gasteiger charge is -2.13. The van der Waals surface area contributed by atoms with Crippen LogP contribution in [-0.4, -0.2) is 26.1 Å². The van der Waals surface area contributed by atoms with Crippen LogP contribution >= 0.6 is 11.3 Å². The standard InChI is InChI=1S/C15H19N5S/c1-15(2,3)12-10-20-14(18-12)21-13(19-20)17-9-7-11-6-4-5-8-16-11/h4-6,8,10H,7,9H2,1-3H3,(H,17,19). The van der Waals surface area contributed by atoms with Gasteiger partial charge in [-0.25, -0.2) is 9.50 Å². The van der Waals surface area contributed by atoms with Crippen molar-refractivity contribution in [2.24, 2.45) is 0 Å². The molecule has 1 N–H and O–H groups in total. The molecule has 3 aromatic rings. The van der Waals surface area contributed by atoms with Crippen LogP contribution in [0, 0.1) is 0 Å². The SMILES string of the molecule is CC(C)(C)c1cn2nc(NCCc3ccccn3)sc2n1. The first-order valence-corrected chi connectivity index (χ1v) is 7.84. The van der Waals surface area contributed by atoms with Gasteiger partial charge in [0.2, 0.25) is 10.1 Å². The normalized spacial score (nSPS) is 12.0. The van der Waals surface area contributed by atoms with Gasteiger partial charge in [0.15, 0.2) is 0 Å². The molecule has 3 aromatic heterocycles. The lowest BCUT2D eigenvalue weighted by Crippen LogP contribution is -2.11. The van der Waals surface area contributed by atoms with Crippen molar-refractivity contribution in [1.29, 1.82) is 0 Å². The van der Waals surface area contributed by atoms with Crippen LogP contribution < -0.4 is 5.32 Å². The predicted octanol–water partition coefficient (Wildman–Crippen LogP) is 3.14. The van der Waals surface area contributed by atoms with Crippen molar-refractivity contribution in [2.75, 3.05) is 11.9 Å². The third-order valence-corrected chi connectivity index (χ3v) is 4.08. The Kier molecular flexibility index (Phi) is 3.63. The third-order valence-electron chi connectivity index (χ3n) is 3.20. The zero-order valence-corrected chi connectivity index (χ0v) is 13.3. The van der Waals surface area contributed by atoms with Gasteiger partial charge in [-0.3, -0.25) is 4.98 Å². The van der Waals surface area contributed by atoms with Crippen molar-refractivity contribution in [3.63, 3.8) is 0 Å². The largest absolute Gasteiger partial charge is 0.360 e. The van der Waals surface area contributed by atoms with Gasteiger partial charge in [-0.15, -0.1) is 5.10 Å². The molecule has 0 saturated carbocycles. The number of anilines is 1. The highest BCUT2D eigenvalue weighted by Gasteiger charge is 2.19. The molecule has 0 aliphatic rings. The number of hydrogen-bond donors (Lipinski definition) is 1. The number of hydrogen-bond acceptors (Lipinski definition) is 5. The Hall–Kier alpha value is -1.95. The minimum atomic E-state index is 0.0555. The second-order valence-electron chi connectivity index (χ2n) is 6.01. The molecule has 0 unspecified atom stereocenters. The van der Waals surface area contributed by atoms with Crippen LogP contribution in [0.15, 0.2) is 30.6 Å². The van der Waals surface area contributed by atoms with Crippen molar-refractivity contribution in [1.82, 2.24) is 19.6 Å². The average Bonchev–Trinajstić information content (AvgIpc) is 2.97. The van der Waals surface area contributed by atoms with E-state index in [0.717, 1.165) is 34.4 Å². The van der Waals surface area contributed by atoms with E-state index in [4.69, 9.17) is 0 Å². The molecule has 0 fully saturated rings.